The van der Waals surface area contributed by atoms with E-state index in [9.17, 15) is 9.59 Å². The van der Waals surface area contributed by atoms with Crippen LogP contribution in [0.4, 0.5) is 5.13 Å². The fraction of sp³-hybridized carbons (Fsp3) is 0.364. The van der Waals surface area contributed by atoms with Gasteiger partial charge in [-0.25, -0.2) is 9.78 Å². The zero-order chi connectivity index (χ0) is 14.7. The lowest BCUT2D eigenvalue weighted by atomic mass is 10.3. The molecule has 0 aliphatic heterocycles. The first kappa shape index (κ1) is 14.1. The number of aromatic carboxylic acids is 1. The first-order valence-electron chi connectivity index (χ1n) is 5.75. The number of rotatable bonds is 6. The highest BCUT2D eigenvalue weighted by Crippen LogP contribution is 2.23. The normalized spacial score (nSPS) is 10.5. The third-order valence-corrected chi connectivity index (χ3v) is 3.45. The molecule has 9 heteroatoms. The van der Waals surface area contributed by atoms with Gasteiger partial charge < -0.3 is 14.9 Å². The Balaban J connectivity index is 2.01. The predicted molar refractivity (Wildman–Crippen MR) is 70.3 cm³/mol. The zero-order valence-electron chi connectivity index (χ0n) is 10.8. The molecule has 0 atom stereocenters. The Kier molecular flexibility index (Phi) is 4.08. The molecule has 8 nitrogen and oxygen atoms in total. The number of Topliss-reactive ketones (excluding diaryl/α,β-unsaturated/α-hetero) is 1. The van der Waals surface area contributed by atoms with Crippen molar-refractivity contribution in [1.82, 2.24) is 15.1 Å². The van der Waals surface area contributed by atoms with E-state index in [2.05, 4.69) is 20.4 Å². The van der Waals surface area contributed by atoms with Crippen LogP contribution < -0.4 is 5.32 Å². The van der Waals surface area contributed by atoms with E-state index in [1.54, 1.807) is 6.92 Å². The van der Waals surface area contributed by atoms with Crippen LogP contribution in [-0.2, 0) is 6.42 Å². The smallest absolute Gasteiger partial charge is 0.356 e. The number of aromatic nitrogens is 3. The fourth-order valence-corrected chi connectivity index (χ4v) is 2.38. The number of carbonyl (C=O) groups is 2. The molecule has 20 heavy (non-hydrogen) atoms. The minimum absolute atomic E-state index is 0.133. The highest BCUT2D eigenvalue weighted by Gasteiger charge is 2.20. The Morgan fingerprint density at radius 2 is 2.15 bits per heavy atom. The summed E-state index contributed by atoms with van der Waals surface area (Å²) in [7, 11) is 0. The van der Waals surface area contributed by atoms with E-state index in [1.807, 2.05) is 0 Å². The topological polar surface area (TPSA) is 118 Å². The SMILES string of the molecule is CC(=O)c1sc(NCCc2nc(C)no2)nc1C(=O)O. The second kappa shape index (κ2) is 5.78. The van der Waals surface area contributed by atoms with Gasteiger partial charge in [-0.3, -0.25) is 4.79 Å². The maximum absolute atomic E-state index is 11.3. The molecule has 2 aromatic rings. The van der Waals surface area contributed by atoms with Crippen molar-refractivity contribution in [3.05, 3.63) is 22.3 Å². The number of hydrogen-bond acceptors (Lipinski definition) is 8. The van der Waals surface area contributed by atoms with Crippen molar-refractivity contribution >= 4 is 28.2 Å². The number of nitrogens with one attached hydrogen (secondary N) is 1. The number of carboxylic acids is 1. The first-order chi connectivity index (χ1) is 9.47. The molecule has 0 unspecified atom stereocenters. The summed E-state index contributed by atoms with van der Waals surface area (Å²) in [6.07, 6.45) is 0.484. The van der Waals surface area contributed by atoms with E-state index in [1.165, 1.54) is 6.92 Å². The van der Waals surface area contributed by atoms with Gasteiger partial charge >= 0.3 is 5.97 Å². The number of nitrogens with zero attached hydrogens (tertiary/aromatic N) is 3. The van der Waals surface area contributed by atoms with Crippen LogP contribution in [0.5, 0.6) is 0 Å². The second-order valence-corrected chi connectivity index (χ2v) is 4.97. The Bertz CT molecular complexity index is 617. The molecule has 106 valence electrons. The number of anilines is 1. The maximum Gasteiger partial charge on any atom is 0.356 e. The number of aryl methyl sites for hydroxylation is 1. The van der Waals surface area contributed by atoms with Crippen molar-refractivity contribution in [2.24, 2.45) is 0 Å². The van der Waals surface area contributed by atoms with Gasteiger partial charge in [-0.2, -0.15) is 4.98 Å². The largest absolute Gasteiger partial charge is 0.476 e. The van der Waals surface area contributed by atoms with Crippen molar-refractivity contribution in [2.75, 3.05) is 11.9 Å². The Hall–Kier alpha value is -2.29. The number of hydrogen-bond donors (Lipinski definition) is 2. The molecule has 0 aliphatic carbocycles. The minimum atomic E-state index is -1.22. The summed E-state index contributed by atoms with van der Waals surface area (Å²) in [5.41, 5.74) is -0.223. The quantitative estimate of drug-likeness (QED) is 0.768. The van der Waals surface area contributed by atoms with E-state index < -0.39 is 5.97 Å². The Morgan fingerprint density at radius 3 is 2.65 bits per heavy atom. The molecule has 2 aromatic heterocycles. The monoisotopic (exact) mass is 296 g/mol. The van der Waals surface area contributed by atoms with E-state index >= 15 is 0 Å². The van der Waals surface area contributed by atoms with E-state index in [0.29, 0.717) is 29.8 Å². The van der Waals surface area contributed by atoms with Gasteiger partial charge in [0.25, 0.3) is 0 Å². The predicted octanol–water partition coefficient (Wildman–Crippen LogP) is 1.39. The molecule has 0 saturated carbocycles. The maximum atomic E-state index is 11.3. The second-order valence-electron chi connectivity index (χ2n) is 3.97. The lowest BCUT2D eigenvalue weighted by molar-refractivity contribution is 0.0687. The van der Waals surface area contributed by atoms with E-state index in [-0.39, 0.29) is 16.4 Å². The van der Waals surface area contributed by atoms with Crippen LogP contribution >= 0.6 is 11.3 Å². The van der Waals surface area contributed by atoms with Gasteiger partial charge in [-0.15, -0.1) is 0 Å². The van der Waals surface area contributed by atoms with Crippen LogP contribution in [0.2, 0.25) is 0 Å². The molecule has 0 saturated heterocycles. The van der Waals surface area contributed by atoms with Crippen molar-refractivity contribution in [3.63, 3.8) is 0 Å². The third-order valence-electron chi connectivity index (χ3n) is 2.33. The van der Waals surface area contributed by atoms with Crippen LogP contribution in [0, 0.1) is 6.92 Å². The molecule has 0 bridgehead atoms. The summed E-state index contributed by atoms with van der Waals surface area (Å²) in [6.45, 7) is 3.48. The molecule has 0 spiro atoms. The molecule has 2 heterocycles. The third kappa shape index (κ3) is 3.18. The van der Waals surface area contributed by atoms with Crippen molar-refractivity contribution in [2.45, 2.75) is 20.3 Å². The molecule has 0 amide bonds. The van der Waals surface area contributed by atoms with Crippen LogP contribution in [0.25, 0.3) is 0 Å². The van der Waals surface area contributed by atoms with Crippen molar-refractivity contribution in [1.29, 1.82) is 0 Å². The molecule has 0 aliphatic rings. The Labute approximate surface area is 117 Å². The molecule has 0 fully saturated rings. The lowest BCUT2D eigenvalue weighted by Gasteiger charge is -1.98. The highest BCUT2D eigenvalue weighted by molar-refractivity contribution is 7.17. The minimum Gasteiger partial charge on any atom is -0.476 e. The van der Waals surface area contributed by atoms with Crippen LogP contribution in [-0.4, -0.2) is 38.5 Å². The summed E-state index contributed by atoms with van der Waals surface area (Å²) in [5, 5.41) is 15.9. The van der Waals surface area contributed by atoms with Crippen LogP contribution in [0.15, 0.2) is 4.52 Å². The summed E-state index contributed by atoms with van der Waals surface area (Å²) in [5.74, 6) is -0.495. The van der Waals surface area contributed by atoms with Crippen LogP contribution in [0.3, 0.4) is 0 Å². The van der Waals surface area contributed by atoms with Gasteiger partial charge in [-0.05, 0) is 6.92 Å². The molecule has 0 aromatic carbocycles. The van der Waals surface area contributed by atoms with Gasteiger partial charge in [0, 0.05) is 19.9 Å². The summed E-state index contributed by atoms with van der Waals surface area (Å²) in [4.78, 5) is 30.4. The average molecular weight is 296 g/mol. The van der Waals surface area contributed by atoms with Gasteiger partial charge in [0.05, 0.1) is 0 Å². The van der Waals surface area contributed by atoms with E-state index in [0.717, 1.165) is 11.3 Å². The number of carbonyl (C=O) groups excluding carboxylic acids is 1. The standard InChI is InChI=1S/C11H12N4O4S/c1-5(16)9-8(10(17)18)14-11(20-9)12-4-3-7-13-6(2)15-19-7/h3-4H2,1-2H3,(H,12,14)(H,17,18). The van der Waals surface area contributed by atoms with Crippen molar-refractivity contribution < 1.29 is 19.2 Å². The van der Waals surface area contributed by atoms with Gasteiger partial charge in [0.15, 0.2) is 22.4 Å². The lowest BCUT2D eigenvalue weighted by Crippen LogP contribution is -2.06. The van der Waals surface area contributed by atoms with Crippen molar-refractivity contribution in [3.8, 4) is 0 Å². The molecule has 0 radical (unpaired) electrons. The highest BCUT2D eigenvalue weighted by atomic mass is 32.1. The number of thiazole rings is 1. The number of carboxylic acid groups (broad SMARTS) is 1. The van der Waals surface area contributed by atoms with Crippen LogP contribution in [0.1, 0.15) is 38.8 Å². The van der Waals surface area contributed by atoms with Gasteiger partial charge in [0.1, 0.15) is 4.88 Å². The first-order valence-corrected chi connectivity index (χ1v) is 6.57. The average Bonchev–Trinajstić information content (AvgIpc) is 2.96. The molecular formula is C11H12N4O4S. The summed E-state index contributed by atoms with van der Waals surface area (Å²) < 4.78 is 4.94. The Morgan fingerprint density at radius 1 is 1.40 bits per heavy atom. The summed E-state index contributed by atoms with van der Waals surface area (Å²) >= 11 is 1.02. The fourth-order valence-electron chi connectivity index (χ4n) is 1.50. The molecular weight excluding hydrogens is 284 g/mol. The summed E-state index contributed by atoms with van der Waals surface area (Å²) in [6, 6.07) is 0. The number of ketones is 1. The molecule has 2 N–H and O–H groups in total. The van der Waals surface area contributed by atoms with E-state index in [4.69, 9.17) is 9.63 Å². The van der Waals surface area contributed by atoms with Gasteiger partial charge in [0.2, 0.25) is 5.89 Å². The molecule has 2 rings (SSSR count). The zero-order valence-corrected chi connectivity index (χ0v) is 11.7. The van der Waals surface area contributed by atoms with Gasteiger partial charge in [-0.1, -0.05) is 16.5 Å².